The van der Waals surface area contributed by atoms with Gasteiger partial charge in [-0.3, -0.25) is 0 Å². The summed E-state index contributed by atoms with van der Waals surface area (Å²) in [5, 5.41) is 12.7. The number of phenolic OH excluding ortho intramolecular Hbond substituents is 1. The van der Waals surface area contributed by atoms with E-state index in [-0.39, 0.29) is 0 Å². The Balaban J connectivity index is 2.53. The van der Waals surface area contributed by atoms with Gasteiger partial charge >= 0.3 is 0 Å². The fourth-order valence-electron chi connectivity index (χ4n) is 1.78. The van der Waals surface area contributed by atoms with Crippen LogP contribution in [0.25, 0.3) is 0 Å². The molecule has 0 saturated heterocycles. The molecule has 0 bridgehead atoms. The number of hydrogen-bond donors (Lipinski definition) is 2. The molecule has 1 heterocycles. The molecule has 0 atom stereocenters. The summed E-state index contributed by atoms with van der Waals surface area (Å²) in [5.74, 6) is 0.396. The molecule has 1 aromatic carbocycles. The Kier molecular flexibility index (Phi) is 1.77. The number of aryl methyl sites for hydroxylation is 1. The average molecular weight is 163 g/mol. The summed E-state index contributed by atoms with van der Waals surface area (Å²) in [5.41, 5.74) is 3.85. The standard InChI is InChI=1S/C10H13NO/c1-7-4-9(12)5-8-2-3-11-6-10(7)8/h4-5,11-12H,2-3,6H2,1H3. The second kappa shape index (κ2) is 2.79. The normalized spacial score (nSPS) is 15.8. The lowest BCUT2D eigenvalue weighted by molar-refractivity contribution is 0.472. The first-order valence-corrected chi connectivity index (χ1v) is 4.29. The van der Waals surface area contributed by atoms with E-state index in [9.17, 15) is 5.11 Å². The summed E-state index contributed by atoms with van der Waals surface area (Å²) in [7, 11) is 0. The monoisotopic (exact) mass is 163 g/mol. The van der Waals surface area contributed by atoms with Crippen molar-refractivity contribution in [3.63, 3.8) is 0 Å². The Morgan fingerprint density at radius 2 is 2.25 bits per heavy atom. The van der Waals surface area contributed by atoms with Crippen LogP contribution in [0.5, 0.6) is 5.75 Å². The van der Waals surface area contributed by atoms with Crippen LogP contribution >= 0.6 is 0 Å². The third kappa shape index (κ3) is 1.18. The highest BCUT2D eigenvalue weighted by Gasteiger charge is 2.11. The fourth-order valence-corrected chi connectivity index (χ4v) is 1.78. The van der Waals surface area contributed by atoms with Crippen LogP contribution in [0, 0.1) is 6.92 Å². The van der Waals surface area contributed by atoms with Gasteiger partial charge in [0.05, 0.1) is 0 Å². The number of hydrogen-bond acceptors (Lipinski definition) is 2. The van der Waals surface area contributed by atoms with E-state index in [1.165, 1.54) is 16.7 Å². The predicted molar refractivity (Wildman–Crippen MR) is 48.3 cm³/mol. The first-order chi connectivity index (χ1) is 5.77. The van der Waals surface area contributed by atoms with Gasteiger partial charge in [-0.2, -0.15) is 0 Å². The first-order valence-electron chi connectivity index (χ1n) is 4.29. The zero-order valence-electron chi connectivity index (χ0n) is 7.22. The molecule has 1 aliphatic rings. The maximum atomic E-state index is 9.35. The van der Waals surface area contributed by atoms with Gasteiger partial charge < -0.3 is 10.4 Å². The Morgan fingerprint density at radius 3 is 3.08 bits per heavy atom. The molecular weight excluding hydrogens is 150 g/mol. The minimum absolute atomic E-state index is 0.396. The Hall–Kier alpha value is -1.02. The average Bonchev–Trinajstić information content (AvgIpc) is 2.04. The molecule has 1 aromatic rings. The van der Waals surface area contributed by atoms with Crippen molar-refractivity contribution in [2.45, 2.75) is 19.9 Å². The van der Waals surface area contributed by atoms with E-state index in [4.69, 9.17) is 0 Å². The van der Waals surface area contributed by atoms with Crippen molar-refractivity contribution in [1.82, 2.24) is 5.32 Å². The summed E-state index contributed by atoms with van der Waals surface area (Å²) in [6, 6.07) is 3.70. The molecule has 0 saturated carbocycles. The largest absolute Gasteiger partial charge is 0.508 e. The number of aromatic hydroxyl groups is 1. The van der Waals surface area contributed by atoms with E-state index in [2.05, 4.69) is 5.32 Å². The van der Waals surface area contributed by atoms with Crippen molar-refractivity contribution in [3.05, 3.63) is 28.8 Å². The topological polar surface area (TPSA) is 32.3 Å². The zero-order valence-corrected chi connectivity index (χ0v) is 7.22. The number of rotatable bonds is 0. The van der Waals surface area contributed by atoms with E-state index in [1.54, 1.807) is 0 Å². The molecule has 2 N–H and O–H groups in total. The Bertz CT molecular complexity index is 307. The molecule has 0 aromatic heterocycles. The van der Waals surface area contributed by atoms with Crippen LogP contribution in [-0.4, -0.2) is 11.7 Å². The molecule has 2 heteroatoms. The molecule has 0 spiro atoms. The molecule has 0 aliphatic carbocycles. The van der Waals surface area contributed by atoms with E-state index in [1.807, 2.05) is 19.1 Å². The number of fused-ring (bicyclic) bond motifs is 1. The molecule has 1 aliphatic heterocycles. The maximum Gasteiger partial charge on any atom is 0.116 e. The van der Waals surface area contributed by atoms with Gasteiger partial charge in [-0.1, -0.05) is 0 Å². The van der Waals surface area contributed by atoms with Gasteiger partial charge in [0.15, 0.2) is 0 Å². The number of nitrogens with one attached hydrogen (secondary N) is 1. The van der Waals surface area contributed by atoms with Gasteiger partial charge in [-0.25, -0.2) is 0 Å². The third-order valence-electron chi connectivity index (χ3n) is 2.42. The van der Waals surface area contributed by atoms with Crippen molar-refractivity contribution < 1.29 is 5.11 Å². The van der Waals surface area contributed by atoms with E-state index in [0.29, 0.717) is 5.75 Å². The highest BCUT2D eigenvalue weighted by Crippen LogP contribution is 2.23. The van der Waals surface area contributed by atoms with E-state index >= 15 is 0 Å². The lowest BCUT2D eigenvalue weighted by Crippen LogP contribution is -2.24. The van der Waals surface area contributed by atoms with E-state index < -0.39 is 0 Å². The third-order valence-corrected chi connectivity index (χ3v) is 2.42. The summed E-state index contributed by atoms with van der Waals surface area (Å²) >= 11 is 0. The molecule has 0 radical (unpaired) electrons. The predicted octanol–water partition coefficient (Wildman–Crippen LogP) is 1.35. The molecule has 0 fully saturated rings. The lowest BCUT2D eigenvalue weighted by atomic mass is 9.96. The van der Waals surface area contributed by atoms with Gasteiger partial charge in [0.2, 0.25) is 0 Å². The fraction of sp³-hybridized carbons (Fsp3) is 0.400. The van der Waals surface area contributed by atoms with Gasteiger partial charge in [-0.15, -0.1) is 0 Å². The molecular formula is C10H13NO. The first kappa shape index (κ1) is 7.62. The summed E-state index contributed by atoms with van der Waals surface area (Å²) in [6.07, 6.45) is 1.03. The minimum atomic E-state index is 0.396. The van der Waals surface area contributed by atoms with Crippen LogP contribution in [0.15, 0.2) is 12.1 Å². The molecule has 2 rings (SSSR count). The van der Waals surface area contributed by atoms with Crippen molar-refractivity contribution in [2.24, 2.45) is 0 Å². The van der Waals surface area contributed by atoms with Crippen LogP contribution in [0.3, 0.4) is 0 Å². The van der Waals surface area contributed by atoms with Crippen LogP contribution in [0.4, 0.5) is 0 Å². The maximum absolute atomic E-state index is 9.35. The van der Waals surface area contributed by atoms with Gasteiger partial charge in [-0.05, 0) is 48.7 Å². The SMILES string of the molecule is Cc1cc(O)cc2c1CNCC2. The molecule has 0 unspecified atom stereocenters. The van der Waals surface area contributed by atoms with Crippen molar-refractivity contribution in [3.8, 4) is 5.75 Å². The summed E-state index contributed by atoms with van der Waals surface area (Å²) in [4.78, 5) is 0. The van der Waals surface area contributed by atoms with Crippen molar-refractivity contribution in [1.29, 1.82) is 0 Å². The zero-order chi connectivity index (χ0) is 8.55. The molecule has 64 valence electrons. The van der Waals surface area contributed by atoms with E-state index in [0.717, 1.165) is 19.5 Å². The van der Waals surface area contributed by atoms with Gasteiger partial charge in [0.25, 0.3) is 0 Å². The number of phenols is 1. The molecule has 2 nitrogen and oxygen atoms in total. The highest BCUT2D eigenvalue weighted by molar-refractivity contribution is 5.42. The summed E-state index contributed by atoms with van der Waals surface area (Å²) < 4.78 is 0. The van der Waals surface area contributed by atoms with Crippen LogP contribution in [-0.2, 0) is 13.0 Å². The van der Waals surface area contributed by atoms with Gasteiger partial charge in [0.1, 0.15) is 5.75 Å². The number of benzene rings is 1. The van der Waals surface area contributed by atoms with Gasteiger partial charge in [0, 0.05) is 6.54 Å². The second-order valence-corrected chi connectivity index (χ2v) is 3.33. The summed E-state index contributed by atoms with van der Waals surface area (Å²) in [6.45, 7) is 4.02. The molecule has 12 heavy (non-hydrogen) atoms. The Morgan fingerprint density at radius 1 is 1.42 bits per heavy atom. The van der Waals surface area contributed by atoms with Crippen LogP contribution in [0.1, 0.15) is 16.7 Å². The Labute approximate surface area is 72.2 Å². The second-order valence-electron chi connectivity index (χ2n) is 3.33. The van der Waals surface area contributed by atoms with Crippen molar-refractivity contribution >= 4 is 0 Å². The van der Waals surface area contributed by atoms with Crippen molar-refractivity contribution in [2.75, 3.05) is 6.54 Å². The van der Waals surface area contributed by atoms with Crippen LogP contribution in [0.2, 0.25) is 0 Å². The highest BCUT2D eigenvalue weighted by atomic mass is 16.3. The minimum Gasteiger partial charge on any atom is -0.508 e. The lowest BCUT2D eigenvalue weighted by Gasteiger charge is -2.19. The van der Waals surface area contributed by atoms with Crippen LogP contribution < -0.4 is 5.32 Å². The molecule has 0 amide bonds. The smallest absolute Gasteiger partial charge is 0.116 e. The quantitative estimate of drug-likeness (QED) is 0.605.